The quantitative estimate of drug-likeness (QED) is 0.439. The van der Waals surface area contributed by atoms with Crippen molar-refractivity contribution in [2.24, 2.45) is 5.16 Å². The van der Waals surface area contributed by atoms with E-state index in [0.29, 0.717) is 23.9 Å². The maximum absolute atomic E-state index is 5.72. The van der Waals surface area contributed by atoms with Gasteiger partial charge in [0.2, 0.25) is 5.75 Å². The average molecular weight is 432 g/mol. The van der Waals surface area contributed by atoms with Crippen LogP contribution in [0.3, 0.4) is 0 Å². The molecule has 2 fully saturated rings. The average Bonchev–Trinajstić information content (AvgIpc) is 2.80. The largest absolute Gasteiger partial charge is 0.493 e. The zero-order chi connectivity index (χ0) is 22.1. The van der Waals surface area contributed by atoms with Gasteiger partial charge in [0.05, 0.1) is 27.0 Å². The predicted molar refractivity (Wildman–Crippen MR) is 124 cm³/mol. The molecule has 1 aromatic rings. The number of rotatable bonds is 9. The second-order valence-corrected chi connectivity index (χ2v) is 8.21. The van der Waals surface area contributed by atoms with Gasteiger partial charge in [0, 0.05) is 32.7 Å². The van der Waals surface area contributed by atoms with Gasteiger partial charge < -0.3 is 28.8 Å². The van der Waals surface area contributed by atoms with E-state index in [0.717, 1.165) is 69.7 Å². The van der Waals surface area contributed by atoms with E-state index in [9.17, 15) is 0 Å². The van der Waals surface area contributed by atoms with E-state index in [1.807, 2.05) is 12.1 Å². The van der Waals surface area contributed by atoms with Crippen LogP contribution in [0.1, 0.15) is 37.7 Å². The highest BCUT2D eigenvalue weighted by molar-refractivity contribution is 6.04. The van der Waals surface area contributed by atoms with Crippen molar-refractivity contribution in [3.05, 3.63) is 23.3 Å². The third-order valence-corrected chi connectivity index (χ3v) is 5.99. The van der Waals surface area contributed by atoms with E-state index < -0.39 is 0 Å². The predicted octanol–water partition coefficient (Wildman–Crippen LogP) is 3.68. The molecular formula is C24H37N3O4. The van der Waals surface area contributed by atoms with Crippen molar-refractivity contribution in [1.29, 1.82) is 0 Å². The SMILES string of the molecule is COc1cc(C=C2CCCCC2=NOCCCN2CCN(C)CC2)cc(OC)c1OC. The van der Waals surface area contributed by atoms with Crippen LogP contribution >= 0.6 is 0 Å². The van der Waals surface area contributed by atoms with Gasteiger partial charge in [0.15, 0.2) is 11.5 Å². The standard InChI is InChI=1S/C24H37N3O4/c1-26-11-13-27(14-12-26)10-7-15-31-25-21-9-6-5-8-20(21)16-19-17-22(28-2)24(30-4)23(18-19)29-3/h16-18H,5-15H2,1-4H3. The van der Waals surface area contributed by atoms with E-state index >= 15 is 0 Å². The molecule has 0 bridgehead atoms. The maximum atomic E-state index is 5.72. The number of hydrogen-bond donors (Lipinski definition) is 0. The highest BCUT2D eigenvalue weighted by atomic mass is 16.6. The minimum atomic E-state index is 0.605. The lowest BCUT2D eigenvalue weighted by Gasteiger charge is -2.32. The molecule has 3 rings (SSSR count). The number of hydrogen-bond acceptors (Lipinski definition) is 7. The van der Waals surface area contributed by atoms with Crippen molar-refractivity contribution in [1.82, 2.24) is 9.80 Å². The highest BCUT2D eigenvalue weighted by Gasteiger charge is 2.17. The lowest BCUT2D eigenvalue weighted by Crippen LogP contribution is -2.44. The van der Waals surface area contributed by atoms with Gasteiger partial charge in [-0.05, 0) is 68.5 Å². The molecule has 31 heavy (non-hydrogen) atoms. The van der Waals surface area contributed by atoms with Crippen LogP contribution in [0.25, 0.3) is 6.08 Å². The van der Waals surface area contributed by atoms with Crippen LogP contribution in [0, 0.1) is 0 Å². The highest BCUT2D eigenvalue weighted by Crippen LogP contribution is 2.39. The molecule has 172 valence electrons. The van der Waals surface area contributed by atoms with Crippen molar-refractivity contribution in [2.75, 3.05) is 67.7 Å². The van der Waals surface area contributed by atoms with Gasteiger partial charge in [0.25, 0.3) is 0 Å². The van der Waals surface area contributed by atoms with Gasteiger partial charge in [-0.25, -0.2) is 0 Å². The Labute approximate surface area is 186 Å². The Bertz CT molecular complexity index is 745. The molecule has 1 aromatic carbocycles. The number of piperazine rings is 1. The van der Waals surface area contributed by atoms with Gasteiger partial charge >= 0.3 is 0 Å². The second kappa shape index (κ2) is 12.0. The molecule has 0 unspecified atom stereocenters. The number of methoxy groups -OCH3 is 3. The number of allylic oxidation sites excluding steroid dienone is 1. The summed E-state index contributed by atoms with van der Waals surface area (Å²) in [4.78, 5) is 10.6. The first-order valence-electron chi connectivity index (χ1n) is 11.2. The molecule has 0 aromatic heterocycles. The fourth-order valence-corrected chi connectivity index (χ4v) is 4.11. The lowest BCUT2D eigenvalue weighted by atomic mass is 9.91. The third kappa shape index (κ3) is 6.61. The molecular weight excluding hydrogens is 394 g/mol. The van der Waals surface area contributed by atoms with Gasteiger partial charge in [-0.2, -0.15) is 0 Å². The molecule has 0 radical (unpaired) electrons. The van der Waals surface area contributed by atoms with Crippen molar-refractivity contribution < 1.29 is 19.0 Å². The Morgan fingerprint density at radius 2 is 1.61 bits per heavy atom. The van der Waals surface area contributed by atoms with E-state index in [1.54, 1.807) is 21.3 Å². The van der Waals surface area contributed by atoms with Gasteiger partial charge in [-0.15, -0.1) is 0 Å². The summed E-state index contributed by atoms with van der Waals surface area (Å²) in [6.45, 7) is 6.33. The Kier molecular flexibility index (Phi) is 9.03. The summed E-state index contributed by atoms with van der Waals surface area (Å²) in [5, 5.41) is 4.51. The third-order valence-electron chi connectivity index (χ3n) is 5.99. The minimum absolute atomic E-state index is 0.605. The zero-order valence-electron chi connectivity index (χ0n) is 19.5. The summed E-state index contributed by atoms with van der Waals surface area (Å²) in [7, 11) is 7.07. The van der Waals surface area contributed by atoms with Gasteiger partial charge in [-0.3, -0.25) is 0 Å². The van der Waals surface area contributed by atoms with E-state index in [1.165, 1.54) is 12.0 Å². The summed E-state index contributed by atoms with van der Waals surface area (Å²) in [5.41, 5.74) is 3.29. The summed E-state index contributed by atoms with van der Waals surface area (Å²) >= 11 is 0. The van der Waals surface area contributed by atoms with Crippen LogP contribution in [-0.4, -0.2) is 83.2 Å². The summed E-state index contributed by atoms with van der Waals surface area (Å²) in [5.74, 6) is 1.92. The van der Waals surface area contributed by atoms with Crippen LogP contribution in [0.2, 0.25) is 0 Å². The molecule has 1 saturated heterocycles. The van der Waals surface area contributed by atoms with E-state index in [4.69, 9.17) is 19.0 Å². The molecule has 0 spiro atoms. The van der Waals surface area contributed by atoms with E-state index in [-0.39, 0.29) is 0 Å². The number of oxime groups is 1. The van der Waals surface area contributed by atoms with Crippen molar-refractivity contribution in [3.63, 3.8) is 0 Å². The first kappa shape index (κ1) is 23.4. The lowest BCUT2D eigenvalue weighted by molar-refractivity contribution is 0.110. The summed E-state index contributed by atoms with van der Waals surface area (Å²) in [6.07, 6.45) is 7.44. The monoisotopic (exact) mass is 431 g/mol. The molecule has 1 aliphatic carbocycles. The number of benzene rings is 1. The zero-order valence-corrected chi connectivity index (χ0v) is 19.5. The van der Waals surface area contributed by atoms with Crippen LogP contribution in [0.5, 0.6) is 17.2 Å². The van der Waals surface area contributed by atoms with Crippen LogP contribution in [0.4, 0.5) is 0 Å². The number of likely N-dealkylation sites (N-methyl/N-ethyl adjacent to an activating group) is 1. The number of nitrogens with zero attached hydrogens (tertiary/aromatic N) is 3. The van der Waals surface area contributed by atoms with Gasteiger partial charge in [0.1, 0.15) is 6.61 Å². The molecule has 0 amide bonds. The first-order valence-corrected chi connectivity index (χ1v) is 11.2. The fraction of sp³-hybridized carbons (Fsp3) is 0.625. The molecule has 7 heteroatoms. The minimum Gasteiger partial charge on any atom is -0.493 e. The molecule has 0 atom stereocenters. The normalized spacial score (nSPS) is 20.8. The summed E-state index contributed by atoms with van der Waals surface area (Å²) in [6, 6.07) is 3.94. The molecule has 7 nitrogen and oxygen atoms in total. The maximum Gasteiger partial charge on any atom is 0.203 e. The molecule has 0 N–H and O–H groups in total. The Morgan fingerprint density at radius 3 is 2.26 bits per heavy atom. The van der Waals surface area contributed by atoms with Gasteiger partial charge in [-0.1, -0.05) is 5.16 Å². The topological polar surface area (TPSA) is 55.8 Å². The fourth-order valence-electron chi connectivity index (χ4n) is 4.11. The Morgan fingerprint density at radius 1 is 0.935 bits per heavy atom. The smallest absolute Gasteiger partial charge is 0.203 e. The van der Waals surface area contributed by atoms with Crippen molar-refractivity contribution in [3.8, 4) is 17.2 Å². The van der Waals surface area contributed by atoms with Crippen LogP contribution < -0.4 is 14.2 Å². The first-order chi connectivity index (χ1) is 15.1. The van der Waals surface area contributed by atoms with Crippen molar-refractivity contribution >= 4 is 11.8 Å². The molecule has 2 aliphatic rings. The molecule has 1 saturated carbocycles. The molecule has 1 aliphatic heterocycles. The second-order valence-electron chi connectivity index (χ2n) is 8.21. The number of ether oxygens (including phenoxy) is 3. The van der Waals surface area contributed by atoms with Crippen LogP contribution in [0.15, 0.2) is 22.9 Å². The van der Waals surface area contributed by atoms with Crippen molar-refractivity contribution in [2.45, 2.75) is 32.1 Å². The van der Waals surface area contributed by atoms with Crippen LogP contribution in [-0.2, 0) is 4.84 Å². The Hall–Kier alpha value is -2.25. The molecule has 1 heterocycles. The summed E-state index contributed by atoms with van der Waals surface area (Å²) < 4.78 is 16.4. The Balaban J connectivity index is 1.61. The van der Waals surface area contributed by atoms with E-state index in [2.05, 4.69) is 28.1 Å².